The molecule has 14 heteroatoms. The fourth-order valence-electron chi connectivity index (χ4n) is 8.91. The fraction of sp³-hybridized carbons (Fsp3) is 0.255. The smallest absolute Gasteiger partial charge is 0.414 e. The number of hydrogen-bond acceptors (Lipinski definition) is 11. The van der Waals surface area contributed by atoms with Gasteiger partial charge in [-0.05, 0) is 85.0 Å². The van der Waals surface area contributed by atoms with Gasteiger partial charge in [-0.15, -0.1) is 0 Å². The zero-order valence-electron chi connectivity index (χ0n) is 36.9. The summed E-state index contributed by atoms with van der Waals surface area (Å²) in [6.45, 7) is 2.43. The highest BCUT2D eigenvalue weighted by atomic mass is 16.6. The van der Waals surface area contributed by atoms with Crippen molar-refractivity contribution in [3.63, 3.8) is 0 Å². The Bertz CT molecular complexity index is 2780. The van der Waals surface area contributed by atoms with E-state index in [1.807, 2.05) is 104 Å². The van der Waals surface area contributed by atoms with Crippen molar-refractivity contribution < 1.29 is 38.1 Å². The highest BCUT2D eigenvalue weighted by molar-refractivity contribution is 6.14. The lowest BCUT2D eigenvalue weighted by Gasteiger charge is -2.26. The largest absolute Gasteiger partial charge is 0.493 e. The monoisotopic (exact) mass is 874 g/mol. The molecule has 0 fully saturated rings. The highest BCUT2D eigenvalue weighted by Crippen LogP contribution is 2.43. The molecule has 1 unspecified atom stereocenters. The van der Waals surface area contributed by atoms with Crippen LogP contribution in [0.2, 0.25) is 0 Å². The summed E-state index contributed by atoms with van der Waals surface area (Å²) in [5.41, 5.74) is 8.59. The molecule has 0 aliphatic carbocycles. The summed E-state index contributed by atoms with van der Waals surface area (Å²) in [4.78, 5) is 52.5. The van der Waals surface area contributed by atoms with Crippen LogP contribution in [-0.4, -0.2) is 69.8 Å². The quantitative estimate of drug-likeness (QED) is 0.115. The van der Waals surface area contributed by atoms with Gasteiger partial charge in [-0.25, -0.2) is 4.79 Å². The number of nitrogens with one attached hydrogen (secondary N) is 2. The van der Waals surface area contributed by atoms with Crippen molar-refractivity contribution in [2.45, 2.75) is 51.7 Å². The molecule has 0 radical (unpaired) electrons. The minimum atomic E-state index is -0.591. The molecule has 4 heterocycles. The number of rotatable bonds is 13. The van der Waals surface area contributed by atoms with E-state index in [-0.39, 0.29) is 55.8 Å². The van der Waals surface area contributed by atoms with Crippen LogP contribution < -0.4 is 44.3 Å². The second-order valence-corrected chi connectivity index (χ2v) is 16.1. The van der Waals surface area contributed by atoms with Crippen molar-refractivity contribution in [1.82, 2.24) is 4.98 Å². The van der Waals surface area contributed by atoms with Crippen LogP contribution >= 0.6 is 0 Å². The van der Waals surface area contributed by atoms with Crippen LogP contribution in [0.1, 0.15) is 55.7 Å². The molecule has 5 aromatic carbocycles. The average molecular weight is 875 g/mol. The summed E-state index contributed by atoms with van der Waals surface area (Å²) >= 11 is 0. The van der Waals surface area contributed by atoms with Crippen LogP contribution in [0.4, 0.5) is 33.2 Å². The van der Waals surface area contributed by atoms with Crippen LogP contribution in [0, 0.1) is 0 Å². The van der Waals surface area contributed by atoms with E-state index in [0.29, 0.717) is 57.7 Å². The van der Waals surface area contributed by atoms with Gasteiger partial charge in [0, 0.05) is 49.3 Å². The van der Waals surface area contributed by atoms with E-state index in [1.165, 1.54) is 12.0 Å². The maximum absolute atomic E-state index is 14.5. The first-order valence-corrected chi connectivity index (χ1v) is 21.5. The third-order valence-electron chi connectivity index (χ3n) is 12.2. The second kappa shape index (κ2) is 18.2. The minimum absolute atomic E-state index is 0.00370. The van der Waals surface area contributed by atoms with Gasteiger partial charge < -0.3 is 44.1 Å². The lowest BCUT2D eigenvalue weighted by Crippen LogP contribution is -2.44. The maximum atomic E-state index is 14.5. The number of fused-ring (bicyclic) bond motifs is 5. The molecule has 3 aliphatic rings. The van der Waals surface area contributed by atoms with Gasteiger partial charge in [-0.1, -0.05) is 54.6 Å². The number of benzene rings is 5. The van der Waals surface area contributed by atoms with Gasteiger partial charge in [0.2, 0.25) is 0 Å². The summed E-state index contributed by atoms with van der Waals surface area (Å²) in [6, 6.07) is 35.4. The SMILES string of the molecule is CNc1ccc(COC(=O)N2CC3Cc4ccccc4N3C(=O)c3cc(OC)c(OCc4cccc(COc5cc(NC)c(C(=O)N6c7ccccc7C[C@H]6C)cc5OC)n4)cc32)cc1. The fourth-order valence-corrected chi connectivity index (χ4v) is 8.91. The Kier molecular flexibility index (Phi) is 11.9. The van der Waals surface area contributed by atoms with Crippen LogP contribution in [0.5, 0.6) is 23.0 Å². The zero-order chi connectivity index (χ0) is 45.2. The highest BCUT2D eigenvalue weighted by Gasteiger charge is 2.42. The van der Waals surface area contributed by atoms with Crippen molar-refractivity contribution in [2.75, 3.05) is 60.2 Å². The summed E-state index contributed by atoms with van der Waals surface area (Å²) in [5, 5.41) is 6.26. The number of anilines is 5. The molecular weight excluding hydrogens is 825 g/mol. The summed E-state index contributed by atoms with van der Waals surface area (Å²) in [6.07, 6.45) is 0.776. The van der Waals surface area contributed by atoms with Gasteiger partial charge in [0.15, 0.2) is 23.0 Å². The molecule has 0 spiro atoms. The third kappa shape index (κ3) is 8.30. The van der Waals surface area contributed by atoms with E-state index in [1.54, 1.807) is 43.3 Å². The first kappa shape index (κ1) is 42.6. The number of methoxy groups -OCH3 is 2. The van der Waals surface area contributed by atoms with E-state index in [9.17, 15) is 14.4 Å². The molecule has 0 saturated heterocycles. The molecule has 9 rings (SSSR count). The Morgan fingerprint density at radius 2 is 1.34 bits per heavy atom. The van der Waals surface area contributed by atoms with Crippen LogP contribution in [0.3, 0.4) is 0 Å². The van der Waals surface area contributed by atoms with E-state index in [2.05, 4.69) is 16.7 Å². The molecule has 3 aliphatic heterocycles. The number of hydrogen-bond donors (Lipinski definition) is 2. The van der Waals surface area contributed by atoms with Crippen molar-refractivity contribution in [2.24, 2.45) is 0 Å². The van der Waals surface area contributed by atoms with E-state index in [4.69, 9.17) is 28.7 Å². The molecule has 6 aromatic rings. The van der Waals surface area contributed by atoms with Crippen molar-refractivity contribution in [3.05, 3.63) is 154 Å². The van der Waals surface area contributed by atoms with Crippen molar-refractivity contribution in [1.29, 1.82) is 0 Å². The van der Waals surface area contributed by atoms with E-state index in [0.717, 1.165) is 40.2 Å². The lowest BCUT2D eigenvalue weighted by molar-refractivity contribution is 0.0974. The number of amides is 3. The summed E-state index contributed by atoms with van der Waals surface area (Å²) in [7, 11) is 6.66. The first-order valence-electron chi connectivity index (χ1n) is 21.5. The molecular formula is C51H50N6O8. The molecule has 3 amide bonds. The first-order chi connectivity index (χ1) is 31.7. The Balaban J connectivity index is 0.939. The molecule has 65 heavy (non-hydrogen) atoms. The predicted molar refractivity (Wildman–Crippen MR) is 249 cm³/mol. The van der Waals surface area contributed by atoms with Crippen molar-refractivity contribution >= 4 is 46.3 Å². The number of aromatic nitrogens is 1. The average Bonchev–Trinajstić information content (AvgIpc) is 3.85. The number of nitrogens with zero attached hydrogens (tertiary/aromatic N) is 4. The maximum Gasteiger partial charge on any atom is 0.414 e. The standard InChI is InChI=1S/C51H50N6O8/c1-31-21-33-11-6-8-15-42(33)56(31)49(58)39-23-45(61-4)47(25-41(39)53-3)63-29-36-13-10-14-37(54-36)30-64-48-26-44-40(24-46(48)62-5)50(59)57-38(22-34-12-7-9-16-43(34)57)27-55(44)51(60)65-28-32-17-19-35(52-2)20-18-32/h6-20,23-26,31,38,52-53H,21-22,27-30H2,1-5H3/t31-,38?/m1/s1. The Morgan fingerprint density at radius 3 is 2.02 bits per heavy atom. The predicted octanol–water partition coefficient (Wildman–Crippen LogP) is 8.66. The summed E-state index contributed by atoms with van der Waals surface area (Å²) in [5.74, 6) is 1.10. The van der Waals surface area contributed by atoms with Crippen LogP contribution in [-0.2, 0) is 37.4 Å². The van der Waals surface area contributed by atoms with Crippen molar-refractivity contribution in [3.8, 4) is 23.0 Å². The van der Waals surface area contributed by atoms with E-state index < -0.39 is 6.09 Å². The number of para-hydroxylation sites is 2. The molecule has 14 nitrogen and oxygen atoms in total. The van der Waals surface area contributed by atoms with Gasteiger partial charge in [0.05, 0.1) is 60.7 Å². The molecule has 332 valence electrons. The minimum Gasteiger partial charge on any atom is -0.493 e. The second-order valence-electron chi connectivity index (χ2n) is 16.1. The lowest BCUT2D eigenvalue weighted by atomic mass is 10.1. The number of carbonyl (C=O) groups excluding carboxylic acids is 3. The van der Waals surface area contributed by atoms with Crippen LogP contribution in [0.25, 0.3) is 0 Å². The van der Waals surface area contributed by atoms with Crippen LogP contribution in [0.15, 0.2) is 115 Å². The Labute approximate surface area is 377 Å². The normalized spacial score (nSPS) is 15.8. The number of pyridine rings is 1. The molecule has 0 bridgehead atoms. The van der Waals surface area contributed by atoms with Gasteiger partial charge in [0.25, 0.3) is 11.8 Å². The molecule has 2 atom stereocenters. The van der Waals surface area contributed by atoms with Gasteiger partial charge >= 0.3 is 6.09 Å². The number of ether oxygens (including phenoxy) is 5. The Hall–Kier alpha value is -7.74. The molecule has 1 aromatic heterocycles. The topological polar surface area (TPSA) is 144 Å². The van der Waals surface area contributed by atoms with E-state index >= 15 is 0 Å². The number of carbonyl (C=O) groups is 3. The zero-order valence-corrected chi connectivity index (χ0v) is 36.9. The van der Waals surface area contributed by atoms with Gasteiger partial charge in [-0.2, -0.15) is 0 Å². The molecule has 0 saturated carbocycles. The summed E-state index contributed by atoms with van der Waals surface area (Å²) < 4.78 is 30.1. The van der Waals surface area contributed by atoms with Gasteiger partial charge in [-0.3, -0.25) is 19.5 Å². The van der Waals surface area contributed by atoms with Gasteiger partial charge in [0.1, 0.15) is 19.8 Å². The Morgan fingerprint density at radius 1 is 0.692 bits per heavy atom. The molecule has 2 N–H and O–H groups in total. The third-order valence-corrected chi connectivity index (χ3v) is 12.2.